The van der Waals surface area contributed by atoms with Gasteiger partial charge in [-0.15, -0.1) is 0 Å². The number of ether oxygens (including phenoxy) is 2. The van der Waals surface area contributed by atoms with Gasteiger partial charge in [-0.1, -0.05) is 12.2 Å². The first kappa shape index (κ1) is 7.10. The summed E-state index contributed by atoms with van der Waals surface area (Å²) in [5.74, 6) is 1.28. The summed E-state index contributed by atoms with van der Waals surface area (Å²) >= 11 is 0. The second-order valence-electron chi connectivity index (χ2n) is 3.96. The third-order valence-corrected chi connectivity index (χ3v) is 3.31. The van der Waals surface area contributed by atoms with Crippen LogP contribution in [0.2, 0.25) is 0 Å². The lowest BCUT2D eigenvalue weighted by molar-refractivity contribution is -0.184. The molecule has 0 aromatic rings. The molecular weight excluding hydrogens is 152 g/mol. The summed E-state index contributed by atoms with van der Waals surface area (Å²) in [4.78, 5) is 0. The highest BCUT2D eigenvalue weighted by Crippen LogP contribution is 2.40. The molecule has 0 unspecified atom stereocenters. The van der Waals surface area contributed by atoms with Crippen LogP contribution in [0.1, 0.15) is 12.8 Å². The van der Waals surface area contributed by atoms with Gasteiger partial charge < -0.3 is 9.47 Å². The van der Waals surface area contributed by atoms with Gasteiger partial charge in [0.25, 0.3) is 0 Å². The Labute approximate surface area is 72.5 Å². The SMILES string of the molecule is C1=C[C@H]2CC[C@@H]1[C@@H]1OCCO[C@H]12. The maximum Gasteiger partial charge on any atom is 0.0905 e. The van der Waals surface area contributed by atoms with Crippen molar-refractivity contribution < 1.29 is 9.47 Å². The van der Waals surface area contributed by atoms with E-state index in [1.165, 1.54) is 12.8 Å². The molecule has 2 bridgehead atoms. The molecule has 2 heteroatoms. The van der Waals surface area contributed by atoms with Crippen molar-refractivity contribution >= 4 is 0 Å². The lowest BCUT2D eigenvalue weighted by Crippen LogP contribution is -2.51. The summed E-state index contributed by atoms with van der Waals surface area (Å²) in [7, 11) is 0. The Morgan fingerprint density at radius 2 is 1.33 bits per heavy atom. The van der Waals surface area contributed by atoms with Crippen LogP contribution in [-0.2, 0) is 9.47 Å². The molecule has 4 aliphatic rings. The molecule has 2 nitrogen and oxygen atoms in total. The molecule has 1 heterocycles. The third kappa shape index (κ3) is 0.882. The van der Waals surface area contributed by atoms with Gasteiger partial charge in [0.05, 0.1) is 25.4 Å². The quantitative estimate of drug-likeness (QED) is 0.506. The first-order chi connectivity index (χ1) is 5.95. The second-order valence-corrected chi connectivity index (χ2v) is 3.96. The van der Waals surface area contributed by atoms with E-state index < -0.39 is 0 Å². The van der Waals surface area contributed by atoms with E-state index in [-0.39, 0.29) is 0 Å². The zero-order valence-corrected chi connectivity index (χ0v) is 7.11. The summed E-state index contributed by atoms with van der Waals surface area (Å²) < 4.78 is 11.5. The normalized spacial score (nSPS) is 50.7. The Balaban J connectivity index is 1.90. The monoisotopic (exact) mass is 166 g/mol. The molecule has 1 saturated heterocycles. The van der Waals surface area contributed by atoms with E-state index in [1.807, 2.05) is 0 Å². The van der Waals surface area contributed by atoms with Gasteiger partial charge in [0.1, 0.15) is 0 Å². The highest BCUT2D eigenvalue weighted by atomic mass is 16.6. The van der Waals surface area contributed by atoms with Crippen LogP contribution in [0, 0.1) is 11.8 Å². The van der Waals surface area contributed by atoms with Crippen LogP contribution < -0.4 is 0 Å². The van der Waals surface area contributed by atoms with Crippen molar-refractivity contribution in [2.45, 2.75) is 25.0 Å². The average molecular weight is 166 g/mol. The Kier molecular flexibility index (Phi) is 1.52. The van der Waals surface area contributed by atoms with Gasteiger partial charge in [0.15, 0.2) is 0 Å². The Hall–Kier alpha value is -0.340. The standard InChI is InChI=1S/C10H14O2/c1-2-8-4-3-7(1)9-10(8)12-6-5-11-9/h1-2,7-10H,3-6H2/t7-,8+,9-,10-/m0/s1. The summed E-state index contributed by atoms with van der Waals surface area (Å²) in [6.07, 6.45) is 8.00. The molecule has 4 rings (SSSR count). The van der Waals surface area contributed by atoms with Crippen LogP contribution in [0.5, 0.6) is 0 Å². The topological polar surface area (TPSA) is 18.5 Å². The molecule has 0 aromatic carbocycles. The predicted molar refractivity (Wildman–Crippen MR) is 44.8 cm³/mol. The maximum absolute atomic E-state index is 5.74. The smallest absolute Gasteiger partial charge is 0.0905 e. The fourth-order valence-corrected chi connectivity index (χ4v) is 2.70. The average Bonchev–Trinajstić information content (AvgIpc) is 2.20. The lowest BCUT2D eigenvalue weighted by atomic mass is 9.72. The van der Waals surface area contributed by atoms with E-state index in [1.54, 1.807) is 0 Å². The van der Waals surface area contributed by atoms with Crippen LogP contribution in [0.3, 0.4) is 0 Å². The molecule has 0 spiro atoms. The molecule has 4 atom stereocenters. The van der Waals surface area contributed by atoms with E-state index in [0.29, 0.717) is 24.0 Å². The summed E-state index contributed by atoms with van der Waals surface area (Å²) in [5, 5.41) is 0. The summed E-state index contributed by atoms with van der Waals surface area (Å²) in [5.41, 5.74) is 0. The molecule has 12 heavy (non-hydrogen) atoms. The zero-order chi connectivity index (χ0) is 7.97. The summed E-state index contributed by atoms with van der Waals surface area (Å²) in [6.45, 7) is 1.58. The molecule has 0 N–H and O–H groups in total. The summed E-state index contributed by atoms with van der Waals surface area (Å²) in [6, 6.07) is 0. The van der Waals surface area contributed by atoms with E-state index >= 15 is 0 Å². The Morgan fingerprint density at radius 1 is 0.833 bits per heavy atom. The third-order valence-electron chi connectivity index (χ3n) is 3.31. The minimum Gasteiger partial charge on any atom is -0.372 e. The van der Waals surface area contributed by atoms with E-state index in [9.17, 15) is 0 Å². The molecule has 3 aliphatic carbocycles. The van der Waals surface area contributed by atoms with Crippen LogP contribution in [-0.4, -0.2) is 25.4 Å². The minimum absolute atomic E-state index is 0.377. The molecule has 2 fully saturated rings. The van der Waals surface area contributed by atoms with Crippen molar-refractivity contribution in [1.82, 2.24) is 0 Å². The fraction of sp³-hybridized carbons (Fsp3) is 0.800. The van der Waals surface area contributed by atoms with Crippen molar-refractivity contribution in [3.63, 3.8) is 0 Å². The van der Waals surface area contributed by atoms with E-state index in [0.717, 1.165) is 13.2 Å². The number of hydrogen-bond acceptors (Lipinski definition) is 2. The second kappa shape index (κ2) is 2.57. The maximum atomic E-state index is 5.74. The van der Waals surface area contributed by atoms with Gasteiger partial charge in [0, 0.05) is 11.8 Å². The first-order valence-electron chi connectivity index (χ1n) is 4.87. The Bertz CT molecular complexity index is 190. The number of hydrogen-bond donors (Lipinski definition) is 0. The van der Waals surface area contributed by atoms with Crippen molar-refractivity contribution in [3.8, 4) is 0 Å². The van der Waals surface area contributed by atoms with Crippen molar-refractivity contribution in [2.75, 3.05) is 13.2 Å². The van der Waals surface area contributed by atoms with Crippen molar-refractivity contribution in [2.24, 2.45) is 11.8 Å². The molecule has 0 aromatic heterocycles. The van der Waals surface area contributed by atoms with Crippen molar-refractivity contribution in [3.05, 3.63) is 12.2 Å². The van der Waals surface area contributed by atoms with Crippen LogP contribution in [0.25, 0.3) is 0 Å². The van der Waals surface area contributed by atoms with Crippen molar-refractivity contribution in [1.29, 1.82) is 0 Å². The molecule has 1 aliphatic heterocycles. The van der Waals surface area contributed by atoms with Gasteiger partial charge in [-0.3, -0.25) is 0 Å². The predicted octanol–water partition coefficient (Wildman–Crippen LogP) is 1.37. The van der Waals surface area contributed by atoms with Gasteiger partial charge in [-0.2, -0.15) is 0 Å². The molecule has 1 saturated carbocycles. The van der Waals surface area contributed by atoms with Gasteiger partial charge >= 0.3 is 0 Å². The highest BCUT2D eigenvalue weighted by molar-refractivity contribution is 5.12. The molecule has 66 valence electrons. The molecule has 0 amide bonds. The van der Waals surface area contributed by atoms with Gasteiger partial charge in [-0.25, -0.2) is 0 Å². The van der Waals surface area contributed by atoms with E-state index in [4.69, 9.17) is 9.47 Å². The van der Waals surface area contributed by atoms with Crippen LogP contribution >= 0.6 is 0 Å². The lowest BCUT2D eigenvalue weighted by Gasteiger charge is -2.46. The Morgan fingerprint density at radius 3 is 1.75 bits per heavy atom. The molecule has 0 radical (unpaired) electrons. The fourth-order valence-electron chi connectivity index (χ4n) is 2.70. The van der Waals surface area contributed by atoms with Gasteiger partial charge in [-0.05, 0) is 12.8 Å². The van der Waals surface area contributed by atoms with Gasteiger partial charge in [0.2, 0.25) is 0 Å². The van der Waals surface area contributed by atoms with Crippen LogP contribution in [0.15, 0.2) is 12.2 Å². The first-order valence-corrected chi connectivity index (χ1v) is 4.87. The van der Waals surface area contributed by atoms with E-state index in [2.05, 4.69) is 12.2 Å². The number of fused-ring (bicyclic) bond motifs is 1. The minimum atomic E-state index is 0.377. The zero-order valence-electron chi connectivity index (χ0n) is 7.11. The molecular formula is C10H14O2. The van der Waals surface area contributed by atoms with Crippen LogP contribution in [0.4, 0.5) is 0 Å². The largest absolute Gasteiger partial charge is 0.372 e. The number of rotatable bonds is 0. The highest BCUT2D eigenvalue weighted by Gasteiger charge is 2.43.